The fourth-order valence-electron chi connectivity index (χ4n) is 1.73. The van der Waals surface area contributed by atoms with Crippen LogP contribution in [0.5, 0.6) is 11.5 Å². The van der Waals surface area contributed by atoms with Crippen molar-refractivity contribution in [3.8, 4) is 17.6 Å². The molecule has 0 spiro atoms. The number of amides is 1. The number of hydrogen-bond acceptors (Lipinski definition) is 4. The molecule has 2 aromatic carbocycles. The maximum absolute atomic E-state index is 12.1. The largest absolute Gasteiger partial charge is 0.508 e. The second-order valence-corrected chi connectivity index (χ2v) is 5.77. The van der Waals surface area contributed by atoms with E-state index in [0.29, 0.717) is 15.7 Å². The van der Waals surface area contributed by atoms with E-state index in [4.69, 9.17) is 16.9 Å². The third-order valence-electron chi connectivity index (χ3n) is 2.84. The van der Waals surface area contributed by atoms with E-state index >= 15 is 0 Å². The molecule has 7 heteroatoms. The Balaban J connectivity index is 2.26. The Labute approximate surface area is 145 Å². The number of carbonyl (C=O) groups is 1. The van der Waals surface area contributed by atoms with Crippen LogP contribution < -0.4 is 5.32 Å². The lowest BCUT2D eigenvalue weighted by atomic mass is 10.1. The van der Waals surface area contributed by atoms with Gasteiger partial charge >= 0.3 is 0 Å². The number of aromatic hydroxyl groups is 2. The van der Waals surface area contributed by atoms with E-state index < -0.39 is 5.91 Å². The van der Waals surface area contributed by atoms with Crippen molar-refractivity contribution in [1.29, 1.82) is 5.26 Å². The zero-order valence-electron chi connectivity index (χ0n) is 11.5. The summed E-state index contributed by atoms with van der Waals surface area (Å²) in [6.07, 6.45) is 1.35. The van der Waals surface area contributed by atoms with Crippen molar-refractivity contribution in [2.45, 2.75) is 0 Å². The van der Waals surface area contributed by atoms with E-state index in [-0.39, 0.29) is 22.1 Å². The minimum absolute atomic E-state index is 0.0719. The van der Waals surface area contributed by atoms with Crippen LogP contribution in [0.15, 0.2) is 46.4 Å². The Morgan fingerprint density at radius 1 is 1.26 bits per heavy atom. The fraction of sp³-hybridized carbons (Fsp3) is 0. The molecule has 0 atom stereocenters. The summed E-state index contributed by atoms with van der Waals surface area (Å²) in [7, 11) is 0. The first kappa shape index (κ1) is 16.9. The molecular weight excluding hydrogens is 384 g/mol. The molecule has 0 aliphatic carbocycles. The number of nitrogens with one attached hydrogen (secondary N) is 1. The lowest BCUT2D eigenvalue weighted by Gasteiger charge is -2.05. The summed E-state index contributed by atoms with van der Waals surface area (Å²) in [5, 5.41) is 30.6. The molecule has 3 N–H and O–H groups in total. The molecule has 0 radical (unpaired) electrons. The molecule has 0 saturated carbocycles. The molecule has 2 aromatic rings. The van der Waals surface area contributed by atoms with Crippen LogP contribution in [-0.2, 0) is 4.79 Å². The zero-order chi connectivity index (χ0) is 17.0. The van der Waals surface area contributed by atoms with E-state index in [2.05, 4.69) is 21.2 Å². The van der Waals surface area contributed by atoms with E-state index in [9.17, 15) is 15.0 Å². The number of carbonyl (C=O) groups excluding carboxylic acids is 1. The van der Waals surface area contributed by atoms with E-state index in [1.807, 2.05) is 6.07 Å². The predicted octanol–water partition coefficient (Wildman–Crippen LogP) is 4.06. The van der Waals surface area contributed by atoms with Gasteiger partial charge in [0.1, 0.15) is 23.1 Å². The normalized spacial score (nSPS) is 10.9. The van der Waals surface area contributed by atoms with Crippen LogP contribution in [0, 0.1) is 11.3 Å². The molecular formula is C16H10BrClN2O3. The summed E-state index contributed by atoms with van der Waals surface area (Å²) < 4.78 is 0.354. The maximum atomic E-state index is 12.1. The van der Waals surface area contributed by atoms with Gasteiger partial charge in [0.2, 0.25) is 0 Å². The number of halogens is 2. The van der Waals surface area contributed by atoms with Gasteiger partial charge < -0.3 is 15.5 Å². The van der Waals surface area contributed by atoms with E-state index in [1.165, 1.54) is 42.5 Å². The first-order chi connectivity index (χ1) is 10.9. The number of phenols is 2. The van der Waals surface area contributed by atoms with Gasteiger partial charge in [-0.05, 0) is 64.0 Å². The van der Waals surface area contributed by atoms with E-state index in [1.54, 1.807) is 0 Å². The van der Waals surface area contributed by atoms with Crippen LogP contribution in [0.1, 0.15) is 5.56 Å². The monoisotopic (exact) mass is 392 g/mol. The number of nitrogens with zero attached hydrogens (tertiary/aromatic N) is 1. The van der Waals surface area contributed by atoms with Crippen molar-refractivity contribution in [2.24, 2.45) is 0 Å². The van der Waals surface area contributed by atoms with Crippen molar-refractivity contribution < 1.29 is 15.0 Å². The SMILES string of the molecule is N#C/C(=C/c1cc(Cl)c(O)c(Br)c1)C(=O)Nc1ccc(O)cc1. The predicted molar refractivity (Wildman–Crippen MR) is 91.1 cm³/mol. The number of benzene rings is 2. The molecule has 23 heavy (non-hydrogen) atoms. The smallest absolute Gasteiger partial charge is 0.266 e. The first-order valence-corrected chi connectivity index (χ1v) is 7.48. The summed E-state index contributed by atoms with van der Waals surface area (Å²) in [6, 6.07) is 10.6. The van der Waals surface area contributed by atoms with Gasteiger partial charge in [-0.15, -0.1) is 0 Å². The first-order valence-electron chi connectivity index (χ1n) is 6.31. The molecule has 0 fully saturated rings. The third-order valence-corrected chi connectivity index (χ3v) is 3.73. The number of phenolic OH excluding ortho intramolecular Hbond substituents is 2. The average Bonchev–Trinajstić information content (AvgIpc) is 2.52. The Kier molecular flexibility index (Phi) is 5.27. The number of rotatable bonds is 3. The van der Waals surface area contributed by atoms with Gasteiger partial charge in [-0.2, -0.15) is 5.26 Å². The molecule has 116 valence electrons. The molecule has 0 heterocycles. The highest BCUT2D eigenvalue weighted by atomic mass is 79.9. The van der Waals surface area contributed by atoms with Crippen LogP contribution >= 0.6 is 27.5 Å². The van der Waals surface area contributed by atoms with Gasteiger partial charge in [0.25, 0.3) is 5.91 Å². The summed E-state index contributed by atoms with van der Waals surface area (Å²) in [5.41, 5.74) is 0.794. The van der Waals surface area contributed by atoms with Crippen LogP contribution in [0.3, 0.4) is 0 Å². The molecule has 5 nitrogen and oxygen atoms in total. The van der Waals surface area contributed by atoms with Crippen LogP contribution in [-0.4, -0.2) is 16.1 Å². The molecule has 0 aliphatic heterocycles. The van der Waals surface area contributed by atoms with Crippen molar-refractivity contribution >= 4 is 45.2 Å². The van der Waals surface area contributed by atoms with Crippen molar-refractivity contribution in [1.82, 2.24) is 0 Å². The van der Waals surface area contributed by atoms with Gasteiger partial charge in [-0.25, -0.2) is 0 Å². The van der Waals surface area contributed by atoms with Gasteiger partial charge in [-0.1, -0.05) is 11.6 Å². The topological polar surface area (TPSA) is 93.3 Å². The molecule has 0 bridgehead atoms. The minimum atomic E-state index is -0.599. The fourth-order valence-corrected chi connectivity index (χ4v) is 2.55. The molecule has 2 rings (SSSR count). The lowest BCUT2D eigenvalue weighted by Crippen LogP contribution is -2.13. The van der Waals surface area contributed by atoms with Crippen LogP contribution in [0.25, 0.3) is 6.08 Å². The molecule has 0 unspecified atom stereocenters. The van der Waals surface area contributed by atoms with E-state index in [0.717, 1.165) is 0 Å². The number of anilines is 1. The third kappa shape index (κ3) is 4.25. The van der Waals surface area contributed by atoms with Gasteiger partial charge in [0, 0.05) is 5.69 Å². The van der Waals surface area contributed by atoms with Gasteiger partial charge in [-0.3, -0.25) is 4.79 Å². The summed E-state index contributed by atoms with van der Waals surface area (Å²) >= 11 is 8.99. The highest BCUT2D eigenvalue weighted by molar-refractivity contribution is 9.10. The van der Waals surface area contributed by atoms with Crippen molar-refractivity contribution in [3.63, 3.8) is 0 Å². The highest BCUT2D eigenvalue weighted by Crippen LogP contribution is 2.33. The summed E-state index contributed by atoms with van der Waals surface area (Å²) in [6.45, 7) is 0. The second kappa shape index (κ2) is 7.18. The highest BCUT2D eigenvalue weighted by Gasteiger charge is 2.11. The quantitative estimate of drug-likeness (QED) is 0.416. The second-order valence-electron chi connectivity index (χ2n) is 4.50. The maximum Gasteiger partial charge on any atom is 0.266 e. The van der Waals surface area contributed by atoms with Crippen molar-refractivity contribution in [3.05, 3.63) is 57.0 Å². The Morgan fingerprint density at radius 2 is 1.91 bits per heavy atom. The van der Waals surface area contributed by atoms with Crippen molar-refractivity contribution in [2.75, 3.05) is 5.32 Å². The van der Waals surface area contributed by atoms with Crippen LogP contribution in [0.4, 0.5) is 5.69 Å². The number of hydrogen-bond donors (Lipinski definition) is 3. The Hall–Kier alpha value is -2.49. The summed E-state index contributed by atoms with van der Waals surface area (Å²) in [4.78, 5) is 12.1. The Morgan fingerprint density at radius 3 is 2.48 bits per heavy atom. The molecule has 0 aromatic heterocycles. The van der Waals surface area contributed by atoms with Gasteiger partial charge in [0.15, 0.2) is 0 Å². The molecule has 0 aliphatic rings. The molecule has 1 amide bonds. The lowest BCUT2D eigenvalue weighted by molar-refractivity contribution is -0.112. The zero-order valence-corrected chi connectivity index (χ0v) is 13.9. The number of nitriles is 1. The van der Waals surface area contributed by atoms with Crippen LogP contribution in [0.2, 0.25) is 5.02 Å². The Bertz CT molecular complexity index is 803. The average molecular weight is 394 g/mol. The minimum Gasteiger partial charge on any atom is -0.508 e. The standard InChI is InChI=1S/C16H10BrClN2O3/c17-13-6-9(7-14(18)15(13)22)5-10(8-19)16(23)20-11-1-3-12(21)4-2-11/h1-7,21-22H,(H,20,23)/b10-5-. The summed E-state index contributed by atoms with van der Waals surface area (Å²) in [5.74, 6) is -0.642. The molecule has 0 saturated heterocycles. The van der Waals surface area contributed by atoms with Gasteiger partial charge in [0.05, 0.1) is 9.50 Å².